The van der Waals surface area contributed by atoms with Crippen molar-refractivity contribution in [2.24, 2.45) is 0 Å². The maximum absolute atomic E-state index is 12.6. The number of aromatic nitrogens is 1. The number of carbonyl (C=O) groups is 2. The van der Waals surface area contributed by atoms with Crippen LogP contribution >= 0.6 is 0 Å². The molecule has 0 radical (unpaired) electrons. The lowest BCUT2D eigenvalue weighted by Crippen LogP contribution is -2.12. The van der Waals surface area contributed by atoms with Crippen LogP contribution < -0.4 is 5.32 Å². The van der Waals surface area contributed by atoms with Crippen LogP contribution in [0.15, 0.2) is 71.5 Å². The van der Waals surface area contributed by atoms with E-state index in [1.54, 1.807) is 6.20 Å². The quantitative estimate of drug-likeness (QED) is 0.654. The van der Waals surface area contributed by atoms with E-state index in [-0.39, 0.29) is 17.6 Å². The van der Waals surface area contributed by atoms with Gasteiger partial charge < -0.3 is 5.32 Å². The van der Waals surface area contributed by atoms with Gasteiger partial charge in [0.2, 0.25) is 0 Å². The molecule has 144 valence electrons. The Morgan fingerprint density at radius 1 is 1.14 bits per heavy atom. The monoisotopic (exact) mass is 374 g/mol. The van der Waals surface area contributed by atoms with Crippen LogP contribution in [0.4, 0.5) is 5.82 Å². The van der Waals surface area contributed by atoms with Crippen molar-refractivity contribution in [2.75, 3.05) is 5.32 Å². The van der Waals surface area contributed by atoms with Crippen molar-refractivity contribution in [2.45, 2.75) is 46.1 Å². The van der Waals surface area contributed by atoms with Crippen molar-refractivity contribution >= 4 is 17.4 Å². The number of hydrogen-bond donors (Lipinski definition) is 1. The smallest absolute Gasteiger partial charge is 0.163 e. The number of pyridine rings is 1. The summed E-state index contributed by atoms with van der Waals surface area (Å²) in [6.45, 7) is 5.98. The van der Waals surface area contributed by atoms with E-state index in [9.17, 15) is 9.59 Å². The standard InChI is InChI=1S/C24H26N2O2/c1-16-14-17(2)21(23(28)15-16)11-12-22(27)20-9-7-19(8-10-20)18(3)26-24-6-4-5-13-25-24/h4-10,13-14,18H,11-12,15H2,1-3H3,(H,25,26). The third-order valence-corrected chi connectivity index (χ3v) is 5.08. The molecule has 0 amide bonds. The van der Waals surface area contributed by atoms with Gasteiger partial charge in [-0.2, -0.15) is 0 Å². The second kappa shape index (κ2) is 8.79. The van der Waals surface area contributed by atoms with Gasteiger partial charge >= 0.3 is 0 Å². The van der Waals surface area contributed by atoms with Crippen LogP contribution in [0.2, 0.25) is 0 Å². The lowest BCUT2D eigenvalue weighted by molar-refractivity contribution is -0.115. The van der Waals surface area contributed by atoms with E-state index >= 15 is 0 Å². The normalized spacial score (nSPS) is 15.2. The zero-order chi connectivity index (χ0) is 20.1. The average molecular weight is 374 g/mol. The van der Waals surface area contributed by atoms with Gasteiger partial charge in [0, 0.05) is 30.6 Å². The molecule has 0 spiro atoms. The van der Waals surface area contributed by atoms with Gasteiger partial charge in [-0.25, -0.2) is 4.98 Å². The van der Waals surface area contributed by atoms with Crippen LogP contribution in [0.25, 0.3) is 0 Å². The number of ketones is 2. The second-order valence-electron chi connectivity index (χ2n) is 7.38. The lowest BCUT2D eigenvalue weighted by atomic mass is 9.89. The van der Waals surface area contributed by atoms with E-state index in [4.69, 9.17) is 0 Å². The second-order valence-corrected chi connectivity index (χ2v) is 7.38. The van der Waals surface area contributed by atoms with Crippen molar-refractivity contribution in [3.8, 4) is 0 Å². The Bertz CT molecular complexity index is 925. The van der Waals surface area contributed by atoms with E-state index in [0.29, 0.717) is 24.8 Å². The molecule has 1 unspecified atom stereocenters. The number of nitrogens with one attached hydrogen (secondary N) is 1. The van der Waals surface area contributed by atoms with Gasteiger partial charge in [0.15, 0.2) is 11.6 Å². The van der Waals surface area contributed by atoms with Crippen molar-refractivity contribution in [1.29, 1.82) is 0 Å². The number of rotatable bonds is 7. The molecule has 1 aliphatic rings. The highest BCUT2D eigenvalue weighted by Gasteiger charge is 2.18. The van der Waals surface area contributed by atoms with Crippen molar-refractivity contribution < 1.29 is 9.59 Å². The van der Waals surface area contributed by atoms with Crippen molar-refractivity contribution in [3.05, 3.63) is 82.6 Å². The highest BCUT2D eigenvalue weighted by molar-refractivity contribution is 6.01. The number of hydrogen-bond acceptors (Lipinski definition) is 4. The number of benzene rings is 1. The molecule has 1 heterocycles. The molecule has 1 aliphatic carbocycles. The summed E-state index contributed by atoms with van der Waals surface area (Å²) in [7, 11) is 0. The molecule has 0 saturated carbocycles. The highest BCUT2D eigenvalue weighted by Crippen LogP contribution is 2.25. The van der Waals surface area contributed by atoms with E-state index in [2.05, 4.69) is 17.2 Å². The molecule has 4 heteroatoms. The number of carbonyl (C=O) groups excluding carboxylic acids is 2. The van der Waals surface area contributed by atoms with E-state index < -0.39 is 0 Å². The molecular weight excluding hydrogens is 348 g/mol. The number of allylic oxidation sites excluding steroid dienone is 4. The Balaban J connectivity index is 1.61. The fraction of sp³-hybridized carbons (Fsp3) is 0.292. The van der Waals surface area contributed by atoms with E-state index in [0.717, 1.165) is 28.1 Å². The Labute approximate surface area is 166 Å². The zero-order valence-electron chi connectivity index (χ0n) is 16.7. The first-order valence-electron chi connectivity index (χ1n) is 9.65. The lowest BCUT2D eigenvalue weighted by Gasteiger charge is -2.16. The predicted molar refractivity (Wildman–Crippen MR) is 112 cm³/mol. The summed E-state index contributed by atoms with van der Waals surface area (Å²) in [4.78, 5) is 29.0. The fourth-order valence-corrected chi connectivity index (χ4v) is 3.52. The molecule has 0 aliphatic heterocycles. The molecule has 3 rings (SSSR count). The number of nitrogens with zero attached hydrogens (tertiary/aromatic N) is 1. The Morgan fingerprint density at radius 3 is 2.54 bits per heavy atom. The van der Waals surface area contributed by atoms with Crippen LogP contribution in [0.1, 0.15) is 62.0 Å². The molecule has 1 aromatic carbocycles. The molecule has 4 nitrogen and oxygen atoms in total. The Hall–Kier alpha value is -3.01. The van der Waals surface area contributed by atoms with E-state index in [1.807, 2.05) is 62.4 Å². The first-order valence-corrected chi connectivity index (χ1v) is 9.65. The molecule has 1 aromatic heterocycles. The van der Waals surface area contributed by atoms with Gasteiger partial charge in [0.05, 0.1) is 0 Å². The molecule has 0 saturated heterocycles. The van der Waals surface area contributed by atoms with Gasteiger partial charge in [-0.15, -0.1) is 0 Å². The highest BCUT2D eigenvalue weighted by atomic mass is 16.1. The van der Waals surface area contributed by atoms with Gasteiger partial charge in [0.1, 0.15) is 5.82 Å². The van der Waals surface area contributed by atoms with Crippen LogP contribution in [-0.4, -0.2) is 16.6 Å². The van der Waals surface area contributed by atoms with Crippen LogP contribution in [-0.2, 0) is 4.79 Å². The van der Waals surface area contributed by atoms with Crippen LogP contribution in [0, 0.1) is 0 Å². The first-order chi connectivity index (χ1) is 13.4. The predicted octanol–water partition coefficient (Wildman–Crippen LogP) is 5.45. The summed E-state index contributed by atoms with van der Waals surface area (Å²) in [5.74, 6) is 1.03. The van der Waals surface area contributed by atoms with Crippen molar-refractivity contribution in [1.82, 2.24) is 4.98 Å². The largest absolute Gasteiger partial charge is 0.364 e. The molecule has 28 heavy (non-hydrogen) atoms. The van der Waals surface area contributed by atoms with Gasteiger partial charge in [-0.3, -0.25) is 9.59 Å². The first kappa shape index (κ1) is 19.7. The summed E-state index contributed by atoms with van der Waals surface area (Å²) in [5, 5.41) is 3.34. The summed E-state index contributed by atoms with van der Waals surface area (Å²) in [5.41, 5.74) is 4.64. The van der Waals surface area contributed by atoms with Gasteiger partial charge in [-0.1, -0.05) is 42.0 Å². The number of Topliss-reactive ketones (excluding diaryl/α,β-unsaturated/α-hetero) is 2. The summed E-state index contributed by atoms with van der Waals surface area (Å²) in [6.07, 6.45) is 5.13. The SMILES string of the molecule is CC1=CC(C)=C(CCC(=O)c2ccc(C(C)Nc3ccccn3)cc2)C(=O)C1. The minimum atomic E-state index is 0.0660. The Morgan fingerprint density at radius 2 is 1.89 bits per heavy atom. The van der Waals surface area contributed by atoms with Crippen molar-refractivity contribution in [3.63, 3.8) is 0 Å². The zero-order valence-corrected chi connectivity index (χ0v) is 16.7. The Kier molecular flexibility index (Phi) is 6.19. The number of anilines is 1. The van der Waals surface area contributed by atoms with E-state index in [1.165, 1.54) is 0 Å². The maximum atomic E-state index is 12.6. The van der Waals surface area contributed by atoms with Crippen LogP contribution in [0.3, 0.4) is 0 Å². The average Bonchev–Trinajstić information content (AvgIpc) is 2.68. The van der Waals surface area contributed by atoms with Gasteiger partial charge in [-0.05, 0) is 56.0 Å². The third-order valence-electron chi connectivity index (χ3n) is 5.08. The minimum Gasteiger partial charge on any atom is -0.364 e. The summed E-state index contributed by atoms with van der Waals surface area (Å²) in [6, 6.07) is 13.5. The fourth-order valence-electron chi connectivity index (χ4n) is 3.52. The van der Waals surface area contributed by atoms with Gasteiger partial charge in [0.25, 0.3) is 0 Å². The van der Waals surface area contributed by atoms with Crippen LogP contribution in [0.5, 0.6) is 0 Å². The summed E-state index contributed by atoms with van der Waals surface area (Å²) >= 11 is 0. The molecule has 1 N–H and O–H groups in total. The molecule has 0 bridgehead atoms. The minimum absolute atomic E-state index is 0.0660. The topological polar surface area (TPSA) is 59.1 Å². The molecule has 0 fully saturated rings. The molecule has 2 aromatic rings. The summed E-state index contributed by atoms with van der Waals surface area (Å²) < 4.78 is 0. The molecule has 1 atom stereocenters. The third kappa shape index (κ3) is 4.83. The molecular formula is C24H26N2O2. The maximum Gasteiger partial charge on any atom is 0.163 e.